The van der Waals surface area contributed by atoms with Gasteiger partial charge in [-0.25, -0.2) is 4.98 Å². The highest BCUT2D eigenvalue weighted by atomic mass is 16.2. The van der Waals surface area contributed by atoms with Gasteiger partial charge in [0.1, 0.15) is 5.82 Å². The minimum Gasteiger partial charge on any atom is -0.363 e. The van der Waals surface area contributed by atoms with E-state index >= 15 is 0 Å². The third-order valence-corrected chi connectivity index (χ3v) is 5.20. The summed E-state index contributed by atoms with van der Waals surface area (Å²) in [6.45, 7) is 3.02. The van der Waals surface area contributed by atoms with Gasteiger partial charge in [-0.1, -0.05) is 0 Å². The number of hydrogen-bond acceptors (Lipinski definition) is 5. The van der Waals surface area contributed by atoms with Crippen molar-refractivity contribution in [3.8, 4) is 0 Å². The van der Waals surface area contributed by atoms with E-state index in [1.807, 2.05) is 30.0 Å². The standard InChI is InChI=1S/C19H29N5O2/c1-23(2)17-11-15(7-9-21-17)19(26)24-10-4-5-14(13-24)12-22-18(25)16-6-3-8-20-16/h7,9,11,14,16,20H,3-6,8,10,12-13H2,1-2H3,(H,22,25). The van der Waals surface area contributed by atoms with E-state index in [4.69, 9.17) is 0 Å². The van der Waals surface area contributed by atoms with Crippen LogP contribution in [0.5, 0.6) is 0 Å². The molecule has 142 valence electrons. The number of carbonyl (C=O) groups excluding carboxylic acids is 2. The minimum atomic E-state index is -0.0439. The van der Waals surface area contributed by atoms with E-state index in [0.717, 1.165) is 44.6 Å². The number of nitrogens with one attached hydrogen (secondary N) is 2. The van der Waals surface area contributed by atoms with Crippen LogP contribution in [0.1, 0.15) is 36.0 Å². The first-order valence-corrected chi connectivity index (χ1v) is 9.48. The van der Waals surface area contributed by atoms with Gasteiger partial charge in [-0.3, -0.25) is 9.59 Å². The molecule has 0 saturated carbocycles. The van der Waals surface area contributed by atoms with Crippen molar-refractivity contribution in [3.63, 3.8) is 0 Å². The van der Waals surface area contributed by atoms with Crippen LogP contribution >= 0.6 is 0 Å². The van der Waals surface area contributed by atoms with E-state index in [0.29, 0.717) is 24.6 Å². The minimum absolute atomic E-state index is 0.0439. The molecule has 7 heteroatoms. The van der Waals surface area contributed by atoms with Crippen LogP contribution in [-0.4, -0.2) is 68.0 Å². The molecule has 1 aromatic rings. The number of nitrogens with zero attached hydrogens (tertiary/aromatic N) is 3. The summed E-state index contributed by atoms with van der Waals surface area (Å²) in [6.07, 6.45) is 5.67. The van der Waals surface area contributed by atoms with Crippen LogP contribution in [0.2, 0.25) is 0 Å². The number of aromatic nitrogens is 1. The van der Waals surface area contributed by atoms with Crippen LogP contribution in [0, 0.1) is 5.92 Å². The van der Waals surface area contributed by atoms with Crippen LogP contribution in [0.15, 0.2) is 18.3 Å². The zero-order chi connectivity index (χ0) is 18.5. The molecule has 2 saturated heterocycles. The van der Waals surface area contributed by atoms with E-state index in [9.17, 15) is 9.59 Å². The fraction of sp³-hybridized carbons (Fsp3) is 0.632. The predicted octanol–water partition coefficient (Wildman–Crippen LogP) is 0.868. The Morgan fingerprint density at radius 3 is 2.92 bits per heavy atom. The molecule has 2 amide bonds. The summed E-state index contributed by atoms with van der Waals surface area (Å²) in [5.74, 6) is 1.23. The number of rotatable bonds is 5. The van der Waals surface area contributed by atoms with Gasteiger partial charge >= 0.3 is 0 Å². The Hall–Kier alpha value is -2.15. The highest BCUT2D eigenvalue weighted by Crippen LogP contribution is 2.19. The summed E-state index contributed by atoms with van der Waals surface area (Å²) in [5.41, 5.74) is 0.670. The van der Waals surface area contributed by atoms with Crippen LogP contribution < -0.4 is 15.5 Å². The van der Waals surface area contributed by atoms with E-state index < -0.39 is 0 Å². The average molecular weight is 359 g/mol. The van der Waals surface area contributed by atoms with Gasteiger partial charge in [-0.2, -0.15) is 0 Å². The molecule has 0 bridgehead atoms. The molecule has 7 nitrogen and oxygen atoms in total. The lowest BCUT2D eigenvalue weighted by Gasteiger charge is -2.33. The van der Waals surface area contributed by atoms with Gasteiger partial charge in [0, 0.05) is 45.5 Å². The third-order valence-electron chi connectivity index (χ3n) is 5.20. The zero-order valence-electron chi connectivity index (χ0n) is 15.7. The first-order chi connectivity index (χ1) is 12.5. The first-order valence-electron chi connectivity index (χ1n) is 9.48. The van der Waals surface area contributed by atoms with Crippen LogP contribution in [0.3, 0.4) is 0 Å². The predicted molar refractivity (Wildman–Crippen MR) is 101 cm³/mol. The number of amides is 2. The van der Waals surface area contributed by atoms with Gasteiger partial charge in [-0.05, 0) is 50.3 Å². The Bertz CT molecular complexity index is 643. The highest BCUT2D eigenvalue weighted by molar-refractivity contribution is 5.95. The van der Waals surface area contributed by atoms with Crippen molar-refractivity contribution in [3.05, 3.63) is 23.9 Å². The second-order valence-corrected chi connectivity index (χ2v) is 7.45. The van der Waals surface area contributed by atoms with Crippen molar-refractivity contribution >= 4 is 17.6 Å². The molecule has 2 fully saturated rings. The number of pyridine rings is 1. The first kappa shape index (κ1) is 18.6. The number of hydrogen-bond donors (Lipinski definition) is 2. The van der Waals surface area contributed by atoms with E-state index in [2.05, 4.69) is 15.6 Å². The second kappa shape index (κ2) is 8.49. The molecule has 2 N–H and O–H groups in total. The van der Waals surface area contributed by atoms with E-state index in [-0.39, 0.29) is 17.9 Å². The molecule has 2 aliphatic heterocycles. The molecule has 0 aromatic carbocycles. The zero-order valence-corrected chi connectivity index (χ0v) is 15.7. The van der Waals surface area contributed by atoms with Gasteiger partial charge in [0.15, 0.2) is 0 Å². The number of likely N-dealkylation sites (tertiary alicyclic amines) is 1. The molecule has 2 atom stereocenters. The Morgan fingerprint density at radius 2 is 2.19 bits per heavy atom. The summed E-state index contributed by atoms with van der Waals surface area (Å²) in [4.78, 5) is 33.1. The quantitative estimate of drug-likeness (QED) is 0.816. The molecule has 0 spiro atoms. The molecule has 26 heavy (non-hydrogen) atoms. The van der Waals surface area contributed by atoms with Crippen molar-refractivity contribution in [2.24, 2.45) is 5.92 Å². The average Bonchev–Trinajstić information content (AvgIpc) is 3.20. The number of piperidine rings is 1. The van der Waals surface area contributed by atoms with Gasteiger partial charge in [0.05, 0.1) is 6.04 Å². The molecule has 1 aromatic heterocycles. The maximum atomic E-state index is 12.8. The van der Waals surface area contributed by atoms with E-state index in [1.165, 1.54) is 0 Å². The van der Waals surface area contributed by atoms with Crippen molar-refractivity contribution in [1.82, 2.24) is 20.5 Å². The Morgan fingerprint density at radius 1 is 1.35 bits per heavy atom. The summed E-state index contributed by atoms with van der Waals surface area (Å²) >= 11 is 0. The topological polar surface area (TPSA) is 77.6 Å². The lowest BCUT2D eigenvalue weighted by Crippen LogP contribution is -2.46. The van der Waals surface area contributed by atoms with Gasteiger partial charge < -0.3 is 20.4 Å². The molecule has 3 heterocycles. The molecule has 2 unspecified atom stereocenters. The monoisotopic (exact) mass is 359 g/mol. The highest BCUT2D eigenvalue weighted by Gasteiger charge is 2.27. The Balaban J connectivity index is 1.55. The fourth-order valence-electron chi connectivity index (χ4n) is 3.67. The fourth-order valence-corrected chi connectivity index (χ4v) is 3.67. The van der Waals surface area contributed by atoms with Crippen molar-refractivity contribution in [2.45, 2.75) is 31.7 Å². The molecule has 0 radical (unpaired) electrons. The molecule has 0 aliphatic carbocycles. The number of anilines is 1. The lowest BCUT2D eigenvalue weighted by atomic mass is 9.97. The van der Waals surface area contributed by atoms with Crippen molar-refractivity contribution < 1.29 is 9.59 Å². The van der Waals surface area contributed by atoms with Gasteiger partial charge in [0.2, 0.25) is 5.91 Å². The molecule has 3 rings (SSSR count). The van der Waals surface area contributed by atoms with Gasteiger partial charge in [0.25, 0.3) is 5.91 Å². The molecular weight excluding hydrogens is 330 g/mol. The largest absolute Gasteiger partial charge is 0.363 e. The third kappa shape index (κ3) is 4.52. The van der Waals surface area contributed by atoms with Crippen LogP contribution in [0.25, 0.3) is 0 Å². The second-order valence-electron chi connectivity index (χ2n) is 7.45. The smallest absolute Gasteiger partial charge is 0.254 e. The summed E-state index contributed by atoms with van der Waals surface area (Å²) in [7, 11) is 3.82. The molecule has 2 aliphatic rings. The number of carbonyl (C=O) groups is 2. The van der Waals surface area contributed by atoms with E-state index in [1.54, 1.807) is 12.3 Å². The summed E-state index contributed by atoms with van der Waals surface area (Å²) in [6, 6.07) is 3.56. The van der Waals surface area contributed by atoms with Crippen LogP contribution in [0.4, 0.5) is 5.82 Å². The van der Waals surface area contributed by atoms with Gasteiger partial charge in [-0.15, -0.1) is 0 Å². The van der Waals surface area contributed by atoms with Crippen molar-refractivity contribution in [1.29, 1.82) is 0 Å². The maximum absolute atomic E-state index is 12.8. The lowest BCUT2D eigenvalue weighted by molar-refractivity contribution is -0.123. The van der Waals surface area contributed by atoms with Crippen molar-refractivity contribution in [2.75, 3.05) is 45.2 Å². The Labute approximate surface area is 155 Å². The normalized spacial score (nSPS) is 22.9. The summed E-state index contributed by atoms with van der Waals surface area (Å²) in [5, 5.41) is 6.28. The molecular formula is C19H29N5O2. The Kier molecular flexibility index (Phi) is 6.08. The van der Waals surface area contributed by atoms with Crippen LogP contribution in [-0.2, 0) is 4.79 Å². The SMILES string of the molecule is CN(C)c1cc(C(=O)N2CCCC(CNC(=O)C3CCCN3)C2)ccn1. The maximum Gasteiger partial charge on any atom is 0.254 e. The summed E-state index contributed by atoms with van der Waals surface area (Å²) < 4.78 is 0.